The van der Waals surface area contributed by atoms with Crippen molar-refractivity contribution >= 4 is 11.9 Å². The first-order valence-electron chi connectivity index (χ1n) is 7.97. The third-order valence-electron chi connectivity index (χ3n) is 3.69. The van der Waals surface area contributed by atoms with Crippen molar-refractivity contribution in [2.24, 2.45) is 5.41 Å². The van der Waals surface area contributed by atoms with Gasteiger partial charge in [0.15, 0.2) is 5.41 Å². The van der Waals surface area contributed by atoms with Crippen LogP contribution in [0.1, 0.15) is 59.4 Å². The summed E-state index contributed by atoms with van der Waals surface area (Å²) in [6.45, 7) is 10.8. The van der Waals surface area contributed by atoms with Gasteiger partial charge in [-0.05, 0) is 53.5 Å². The van der Waals surface area contributed by atoms with Crippen LogP contribution in [-0.2, 0) is 19.1 Å². The molecule has 0 bridgehead atoms. The fourth-order valence-corrected chi connectivity index (χ4v) is 2.62. The van der Waals surface area contributed by atoms with Gasteiger partial charge in [-0.25, -0.2) is 0 Å². The van der Waals surface area contributed by atoms with Gasteiger partial charge in [-0.15, -0.1) is 0 Å². The predicted octanol–water partition coefficient (Wildman–Crippen LogP) is 3.84. The Morgan fingerprint density at radius 2 is 1.35 bits per heavy atom. The van der Waals surface area contributed by atoms with Gasteiger partial charge in [0.1, 0.15) is 11.2 Å². The van der Waals surface area contributed by atoms with Crippen molar-refractivity contribution in [1.82, 2.24) is 0 Å². The molecular weight excluding hydrogens is 292 g/mol. The fourth-order valence-electron chi connectivity index (χ4n) is 2.62. The summed E-state index contributed by atoms with van der Waals surface area (Å²) in [5.41, 5.74) is -1.54. The third-order valence-corrected chi connectivity index (χ3v) is 3.69. The Bertz CT molecular complexity index is 562. The van der Waals surface area contributed by atoms with E-state index in [1.54, 1.807) is 41.5 Å². The SMILES string of the molecule is CC(C)(C)OC(=O)C1(C(=O)OC(C)(C)C)CC1c1ccccc1. The monoisotopic (exact) mass is 318 g/mol. The van der Waals surface area contributed by atoms with E-state index in [4.69, 9.17) is 9.47 Å². The minimum atomic E-state index is -1.22. The lowest BCUT2D eigenvalue weighted by atomic mass is 9.98. The molecule has 126 valence electrons. The lowest BCUT2D eigenvalue weighted by Crippen LogP contribution is -2.39. The molecule has 1 aliphatic carbocycles. The van der Waals surface area contributed by atoms with E-state index >= 15 is 0 Å². The van der Waals surface area contributed by atoms with Crippen LogP contribution >= 0.6 is 0 Å². The molecule has 0 radical (unpaired) electrons. The maximum Gasteiger partial charge on any atom is 0.324 e. The van der Waals surface area contributed by atoms with Gasteiger partial charge in [-0.3, -0.25) is 9.59 Å². The van der Waals surface area contributed by atoms with Crippen LogP contribution < -0.4 is 0 Å². The Labute approximate surface area is 138 Å². The van der Waals surface area contributed by atoms with E-state index in [1.807, 2.05) is 30.3 Å². The molecule has 0 amide bonds. The summed E-state index contributed by atoms with van der Waals surface area (Å²) in [7, 11) is 0. The number of rotatable bonds is 3. The summed E-state index contributed by atoms with van der Waals surface area (Å²) in [4.78, 5) is 25.5. The largest absolute Gasteiger partial charge is 0.459 e. The molecule has 1 saturated carbocycles. The van der Waals surface area contributed by atoms with Crippen LogP contribution in [0.3, 0.4) is 0 Å². The number of hydrogen-bond donors (Lipinski definition) is 0. The maximum atomic E-state index is 12.7. The molecule has 0 spiro atoms. The quantitative estimate of drug-likeness (QED) is 0.627. The molecule has 23 heavy (non-hydrogen) atoms. The highest BCUT2D eigenvalue weighted by Gasteiger charge is 2.69. The molecule has 0 aliphatic heterocycles. The van der Waals surface area contributed by atoms with E-state index in [1.165, 1.54) is 0 Å². The lowest BCUT2D eigenvalue weighted by Gasteiger charge is -2.27. The predicted molar refractivity (Wildman–Crippen MR) is 87.9 cm³/mol. The molecule has 1 fully saturated rings. The number of carbonyl (C=O) groups is 2. The summed E-state index contributed by atoms with van der Waals surface area (Å²) in [5.74, 6) is -1.17. The van der Waals surface area contributed by atoms with Crippen LogP contribution in [0.4, 0.5) is 0 Å². The molecule has 2 rings (SSSR count). The molecule has 0 saturated heterocycles. The first kappa shape index (κ1) is 17.5. The number of ether oxygens (including phenoxy) is 2. The highest BCUT2D eigenvalue weighted by molar-refractivity contribution is 6.05. The van der Waals surface area contributed by atoms with Gasteiger partial charge in [0, 0.05) is 5.92 Å². The molecule has 1 aromatic carbocycles. The van der Waals surface area contributed by atoms with Crippen LogP contribution in [-0.4, -0.2) is 23.1 Å². The molecule has 1 aliphatic rings. The zero-order chi connectivity index (χ0) is 17.5. The number of benzene rings is 1. The van der Waals surface area contributed by atoms with Crippen molar-refractivity contribution in [3.63, 3.8) is 0 Å². The molecular formula is C19H26O4. The van der Waals surface area contributed by atoms with E-state index in [2.05, 4.69) is 0 Å². The van der Waals surface area contributed by atoms with E-state index < -0.39 is 28.6 Å². The van der Waals surface area contributed by atoms with Crippen molar-refractivity contribution in [1.29, 1.82) is 0 Å². The van der Waals surface area contributed by atoms with Crippen LogP contribution in [0.25, 0.3) is 0 Å². The van der Waals surface area contributed by atoms with Crippen molar-refractivity contribution < 1.29 is 19.1 Å². The molecule has 1 unspecified atom stereocenters. The van der Waals surface area contributed by atoms with E-state index in [-0.39, 0.29) is 5.92 Å². The van der Waals surface area contributed by atoms with Gasteiger partial charge in [0.25, 0.3) is 0 Å². The smallest absolute Gasteiger partial charge is 0.324 e. The maximum absolute atomic E-state index is 12.7. The van der Waals surface area contributed by atoms with Crippen molar-refractivity contribution in [3.05, 3.63) is 35.9 Å². The van der Waals surface area contributed by atoms with E-state index in [0.29, 0.717) is 6.42 Å². The average Bonchev–Trinajstić information content (AvgIpc) is 3.12. The first-order valence-corrected chi connectivity index (χ1v) is 7.97. The first-order chi connectivity index (χ1) is 10.5. The van der Waals surface area contributed by atoms with Crippen LogP contribution in [0.2, 0.25) is 0 Å². The second kappa shape index (κ2) is 5.66. The highest BCUT2D eigenvalue weighted by Crippen LogP contribution is 2.61. The van der Waals surface area contributed by atoms with Crippen molar-refractivity contribution in [2.45, 2.75) is 65.1 Å². The van der Waals surface area contributed by atoms with Crippen molar-refractivity contribution in [3.8, 4) is 0 Å². The van der Waals surface area contributed by atoms with Crippen LogP contribution in [0.15, 0.2) is 30.3 Å². The lowest BCUT2D eigenvalue weighted by molar-refractivity contribution is -0.177. The average molecular weight is 318 g/mol. The number of carbonyl (C=O) groups excluding carboxylic acids is 2. The zero-order valence-corrected chi connectivity index (χ0v) is 14.8. The minimum absolute atomic E-state index is 0.187. The standard InChI is InChI=1S/C19H26O4/c1-17(2,3)22-15(20)19(16(21)23-18(4,5)6)12-14(19)13-10-8-7-9-11-13/h7-11,14H,12H2,1-6H3. The molecule has 1 atom stereocenters. The van der Waals surface area contributed by atoms with Crippen molar-refractivity contribution in [2.75, 3.05) is 0 Å². The molecule has 4 heteroatoms. The highest BCUT2D eigenvalue weighted by atomic mass is 16.6. The summed E-state index contributed by atoms with van der Waals surface area (Å²) in [6, 6.07) is 9.59. The fraction of sp³-hybridized carbons (Fsp3) is 0.579. The van der Waals surface area contributed by atoms with Gasteiger partial charge in [0.2, 0.25) is 0 Å². The van der Waals surface area contributed by atoms with Gasteiger partial charge >= 0.3 is 11.9 Å². The number of hydrogen-bond acceptors (Lipinski definition) is 4. The Morgan fingerprint density at radius 3 is 1.74 bits per heavy atom. The molecule has 0 N–H and O–H groups in total. The van der Waals surface area contributed by atoms with Gasteiger partial charge < -0.3 is 9.47 Å². The second-order valence-corrected chi connectivity index (χ2v) is 8.14. The Balaban J connectivity index is 2.31. The zero-order valence-electron chi connectivity index (χ0n) is 14.8. The molecule has 1 aromatic rings. The van der Waals surface area contributed by atoms with E-state index in [9.17, 15) is 9.59 Å². The molecule has 4 nitrogen and oxygen atoms in total. The second-order valence-electron chi connectivity index (χ2n) is 8.14. The third kappa shape index (κ3) is 3.92. The summed E-state index contributed by atoms with van der Waals surface area (Å²) < 4.78 is 11.0. The van der Waals surface area contributed by atoms with E-state index in [0.717, 1.165) is 5.56 Å². The Kier molecular flexibility index (Phi) is 4.31. The van der Waals surface area contributed by atoms with Crippen LogP contribution in [0.5, 0.6) is 0 Å². The topological polar surface area (TPSA) is 52.6 Å². The van der Waals surface area contributed by atoms with Gasteiger partial charge in [-0.1, -0.05) is 30.3 Å². The summed E-state index contributed by atoms with van der Waals surface area (Å²) in [5, 5.41) is 0. The minimum Gasteiger partial charge on any atom is -0.459 e. The number of esters is 2. The van der Waals surface area contributed by atoms with Crippen LogP contribution in [0, 0.1) is 5.41 Å². The Morgan fingerprint density at radius 1 is 0.913 bits per heavy atom. The summed E-state index contributed by atoms with van der Waals surface area (Å²) >= 11 is 0. The normalized spacial score (nSPS) is 19.8. The summed E-state index contributed by atoms with van der Waals surface area (Å²) in [6.07, 6.45) is 0.431. The van der Waals surface area contributed by atoms with Gasteiger partial charge in [0.05, 0.1) is 0 Å². The molecule has 0 heterocycles. The van der Waals surface area contributed by atoms with Gasteiger partial charge in [-0.2, -0.15) is 0 Å². The Hall–Kier alpha value is -1.84. The molecule has 0 aromatic heterocycles.